The van der Waals surface area contributed by atoms with Crippen LogP contribution in [0.25, 0.3) is 0 Å². The van der Waals surface area contributed by atoms with Crippen molar-refractivity contribution < 1.29 is 18.8 Å². The third kappa shape index (κ3) is 6.02. The number of aryl methyl sites for hydroxylation is 1. The number of hydrogen-bond donors (Lipinski definition) is 1. The summed E-state index contributed by atoms with van der Waals surface area (Å²) in [7, 11) is -0.421. The molecule has 6 nitrogen and oxygen atoms in total. The maximum absolute atomic E-state index is 12.7. The minimum atomic E-state index is -0.421. The molecule has 1 aliphatic heterocycles. The molecule has 1 aliphatic rings. The van der Waals surface area contributed by atoms with Gasteiger partial charge in [0.15, 0.2) is 0 Å². The van der Waals surface area contributed by atoms with Crippen molar-refractivity contribution in [2.24, 2.45) is 0 Å². The third-order valence-electron chi connectivity index (χ3n) is 6.73. The summed E-state index contributed by atoms with van der Waals surface area (Å²) < 4.78 is 18.0. The van der Waals surface area contributed by atoms with E-state index < -0.39 is 18.3 Å². The van der Waals surface area contributed by atoms with E-state index in [0.29, 0.717) is 18.0 Å². The highest BCUT2D eigenvalue weighted by Gasteiger charge is 2.52. The van der Waals surface area contributed by atoms with Crippen molar-refractivity contribution in [3.63, 3.8) is 0 Å². The lowest BCUT2D eigenvalue weighted by molar-refractivity contribution is 0.00578. The number of anilines is 1. The highest BCUT2D eigenvalue weighted by Crippen LogP contribution is 2.37. The molecule has 0 radical (unpaired) electrons. The average molecular weight is 486 g/mol. The maximum Gasteiger partial charge on any atom is 0.495 e. The molecule has 1 aromatic heterocycles. The van der Waals surface area contributed by atoms with Crippen molar-refractivity contribution in [1.82, 2.24) is 4.98 Å². The molecule has 1 aromatic carbocycles. The van der Waals surface area contributed by atoms with Crippen LogP contribution in [0, 0.1) is 6.92 Å². The second-order valence-electron chi connectivity index (χ2n) is 9.94. The van der Waals surface area contributed by atoms with E-state index in [9.17, 15) is 4.79 Å². The molecule has 1 saturated heterocycles. The molecule has 0 bridgehead atoms. The van der Waals surface area contributed by atoms with Crippen LogP contribution >= 0.6 is 11.3 Å². The van der Waals surface area contributed by atoms with Gasteiger partial charge in [0.05, 0.1) is 35.1 Å². The van der Waals surface area contributed by atoms with E-state index in [1.807, 2.05) is 18.2 Å². The first-order valence-corrected chi connectivity index (χ1v) is 13.3. The highest BCUT2D eigenvalue weighted by molar-refractivity contribution is 7.13. The molecule has 8 heteroatoms. The van der Waals surface area contributed by atoms with Gasteiger partial charge in [-0.1, -0.05) is 38.8 Å². The van der Waals surface area contributed by atoms with Crippen molar-refractivity contribution in [3.8, 4) is 0 Å². The van der Waals surface area contributed by atoms with Crippen LogP contribution in [0.2, 0.25) is 0 Å². The molecule has 1 N–H and O–H groups in total. The molecule has 34 heavy (non-hydrogen) atoms. The number of rotatable bonds is 11. The molecule has 2 heterocycles. The number of esters is 1. The van der Waals surface area contributed by atoms with Gasteiger partial charge in [0, 0.05) is 5.69 Å². The van der Waals surface area contributed by atoms with Crippen LogP contribution in [0.15, 0.2) is 18.2 Å². The van der Waals surface area contributed by atoms with Crippen LogP contribution in [-0.2, 0) is 27.0 Å². The van der Waals surface area contributed by atoms with Gasteiger partial charge in [0.25, 0.3) is 0 Å². The van der Waals surface area contributed by atoms with E-state index in [0.717, 1.165) is 59.5 Å². The predicted octanol–water partition coefficient (Wildman–Crippen LogP) is 5.66. The lowest BCUT2D eigenvalue weighted by Crippen LogP contribution is -2.41. The summed E-state index contributed by atoms with van der Waals surface area (Å²) >= 11 is 1.46. The van der Waals surface area contributed by atoms with Gasteiger partial charge in [-0.2, -0.15) is 0 Å². The second kappa shape index (κ2) is 11.2. The summed E-state index contributed by atoms with van der Waals surface area (Å²) in [6.07, 6.45) is 4.89. The number of ether oxygens (including phenoxy) is 1. The summed E-state index contributed by atoms with van der Waals surface area (Å²) in [6, 6.07) is 6.09. The number of benzene rings is 1. The number of unbranched alkanes of at least 4 members (excludes halogenated alkanes) is 2. The fraction of sp³-hybridized carbons (Fsp3) is 0.615. The standard InChI is InChI=1S/C26H39BN2O4S/c1-8-10-15-22-29-21(23(34-22)24(30)31-16-11-9-2)17-28-20-14-12-13-19(18(20)3)27-32-25(4,5)26(6,7)33-27/h12-14,28H,8-11,15-17H2,1-7H3. The van der Waals surface area contributed by atoms with Crippen LogP contribution in [-0.4, -0.2) is 35.9 Å². The zero-order chi connectivity index (χ0) is 24.9. The first-order chi connectivity index (χ1) is 16.1. The first kappa shape index (κ1) is 26.7. The van der Waals surface area contributed by atoms with E-state index in [4.69, 9.17) is 19.0 Å². The summed E-state index contributed by atoms with van der Waals surface area (Å²) in [6.45, 7) is 15.4. The molecular weight excluding hydrogens is 447 g/mol. The Morgan fingerprint density at radius 3 is 2.44 bits per heavy atom. The van der Waals surface area contributed by atoms with E-state index in [2.05, 4.69) is 53.8 Å². The van der Waals surface area contributed by atoms with Gasteiger partial charge >= 0.3 is 13.1 Å². The van der Waals surface area contributed by atoms with Crippen molar-refractivity contribution in [1.29, 1.82) is 0 Å². The predicted molar refractivity (Wildman–Crippen MR) is 140 cm³/mol. The number of thiazole rings is 1. The third-order valence-corrected chi connectivity index (χ3v) is 7.87. The Labute approximate surface area is 208 Å². The molecule has 186 valence electrons. The van der Waals surface area contributed by atoms with Crippen molar-refractivity contribution in [2.75, 3.05) is 11.9 Å². The molecule has 1 fully saturated rings. The van der Waals surface area contributed by atoms with Crippen LogP contribution in [0.3, 0.4) is 0 Å². The molecule has 0 saturated carbocycles. The Balaban J connectivity index is 1.77. The van der Waals surface area contributed by atoms with Gasteiger partial charge in [0.2, 0.25) is 0 Å². The normalized spacial score (nSPS) is 16.6. The molecule has 0 spiro atoms. The first-order valence-electron chi connectivity index (χ1n) is 12.4. The second-order valence-corrected chi connectivity index (χ2v) is 11.0. The average Bonchev–Trinajstić information content (AvgIpc) is 3.28. The fourth-order valence-electron chi connectivity index (χ4n) is 3.74. The lowest BCUT2D eigenvalue weighted by atomic mass is 9.76. The zero-order valence-electron chi connectivity index (χ0n) is 21.7. The maximum atomic E-state index is 12.7. The lowest BCUT2D eigenvalue weighted by Gasteiger charge is -2.32. The Kier molecular flexibility index (Phi) is 8.82. The van der Waals surface area contributed by atoms with Gasteiger partial charge in [-0.05, 0) is 71.0 Å². The Morgan fingerprint density at radius 1 is 1.12 bits per heavy atom. The SMILES string of the molecule is CCCCOC(=O)c1sc(CCCC)nc1CNc1cccc(B2OC(C)(C)C(C)(C)O2)c1C. The van der Waals surface area contributed by atoms with Crippen LogP contribution in [0.4, 0.5) is 5.69 Å². The molecule has 0 atom stereocenters. The molecule has 0 unspecified atom stereocenters. The van der Waals surface area contributed by atoms with E-state index >= 15 is 0 Å². The summed E-state index contributed by atoms with van der Waals surface area (Å²) in [5, 5.41) is 4.48. The summed E-state index contributed by atoms with van der Waals surface area (Å²) in [5.74, 6) is -0.270. The number of nitrogens with one attached hydrogen (secondary N) is 1. The highest BCUT2D eigenvalue weighted by atomic mass is 32.1. The van der Waals surface area contributed by atoms with Crippen LogP contribution < -0.4 is 10.8 Å². The van der Waals surface area contributed by atoms with Gasteiger partial charge in [-0.3, -0.25) is 0 Å². The van der Waals surface area contributed by atoms with E-state index in [-0.39, 0.29) is 5.97 Å². The topological polar surface area (TPSA) is 69.7 Å². The molecule has 0 aliphatic carbocycles. The Hall–Kier alpha value is -1.90. The monoisotopic (exact) mass is 486 g/mol. The van der Waals surface area contributed by atoms with Gasteiger partial charge < -0.3 is 19.4 Å². The van der Waals surface area contributed by atoms with Gasteiger partial charge in [0.1, 0.15) is 4.88 Å². The van der Waals surface area contributed by atoms with Gasteiger partial charge in [-0.25, -0.2) is 9.78 Å². The fourth-order valence-corrected chi connectivity index (χ4v) is 4.75. The largest absolute Gasteiger partial charge is 0.495 e. The minimum Gasteiger partial charge on any atom is -0.461 e. The van der Waals surface area contributed by atoms with E-state index in [1.54, 1.807) is 0 Å². The molecule has 2 aromatic rings. The summed E-state index contributed by atoms with van der Waals surface area (Å²) in [5.41, 5.74) is 3.00. The number of aromatic nitrogens is 1. The van der Waals surface area contributed by atoms with Gasteiger partial charge in [-0.15, -0.1) is 11.3 Å². The molecule has 0 amide bonds. The van der Waals surface area contributed by atoms with Crippen molar-refractivity contribution >= 4 is 35.6 Å². The van der Waals surface area contributed by atoms with Crippen molar-refractivity contribution in [3.05, 3.63) is 39.3 Å². The van der Waals surface area contributed by atoms with Crippen LogP contribution in [0.1, 0.15) is 93.2 Å². The zero-order valence-corrected chi connectivity index (χ0v) is 22.6. The smallest absolute Gasteiger partial charge is 0.461 e. The Morgan fingerprint density at radius 2 is 1.79 bits per heavy atom. The van der Waals surface area contributed by atoms with Crippen molar-refractivity contribution in [2.45, 2.75) is 98.3 Å². The number of hydrogen-bond acceptors (Lipinski definition) is 7. The number of carbonyl (C=O) groups excluding carboxylic acids is 1. The minimum absolute atomic E-state index is 0.270. The Bertz CT molecular complexity index is 973. The quantitative estimate of drug-likeness (QED) is 0.251. The molecular formula is C26H39BN2O4S. The molecule has 3 rings (SSSR count). The van der Waals surface area contributed by atoms with Crippen LogP contribution in [0.5, 0.6) is 0 Å². The summed E-state index contributed by atoms with van der Waals surface area (Å²) in [4.78, 5) is 18.1. The number of nitrogens with zero attached hydrogens (tertiary/aromatic N) is 1. The number of carbonyl (C=O) groups is 1. The van der Waals surface area contributed by atoms with E-state index in [1.165, 1.54) is 11.3 Å².